The normalized spacial score (nSPS) is 10.9. The van der Waals surface area contributed by atoms with E-state index in [-0.39, 0.29) is 5.91 Å². The van der Waals surface area contributed by atoms with Crippen LogP contribution < -0.4 is 16.0 Å². The second-order valence-corrected chi connectivity index (χ2v) is 7.13. The summed E-state index contributed by atoms with van der Waals surface area (Å²) in [7, 11) is 0. The Morgan fingerprint density at radius 3 is 2.79 bits per heavy atom. The fourth-order valence-electron chi connectivity index (χ4n) is 2.87. The first-order valence-corrected chi connectivity index (χ1v) is 10.0. The van der Waals surface area contributed by atoms with Crippen LogP contribution in [0.25, 0.3) is 11.0 Å². The standard InChI is InChI=1S/C20H23Cl2N5O/c21-16-6-3-7-17(18(16)22)24-12-11-23-8-1-2-9-26-20(28)15-13-27-19-14(15)5-4-10-25-19/h3-7,10,13,23-24H,1-2,8-9,11-12H2,(H,25,27)(H,26,28). The molecule has 0 spiro atoms. The molecular weight excluding hydrogens is 397 g/mol. The van der Waals surface area contributed by atoms with Crippen LogP contribution >= 0.6 is 23.2 Å². The average molecular weight is 420 g/mol. The lowest BCUT2D eigenvalue weighted by atomic mass is 10.2. The average Bonchev–Trinajstić information content (AvgIpc) is 3.14. The number of pyridine rings is 1. The van der Waals surface area contributed by atoms with E-state index in [4.69, 9.17) is 23.2 Å². The molecule has 0 aliphatic heterocycles. The predicted molar refractivity (Wildman–Crippen MR) is 115 cm³/mol. The van der Waals surface area contributed by atoms with Crippen LogP contribution in [0.4, 0.5) is 5.69 Å². The maximum Gasteiger partial charge on any atom is 0.253 e. The summed E-state index contributed by atoms with van der Waals surface area (Å²) in [5.74, 6) is -0.0743. The molecule has 0 saturated carbocycles. The van der Waals surface area contributed by atoms with Gasteiger partial charge in [-0.05, 0) is 43.7 Å². The number of benzene rings is 1. The highest BCUT2D eigenvalue weighted by atomic mass is 35.5. The molecule has 8 heteroatoms. The maximum atomic E-state index is 12.3. The van der Waals surface area contributed by atoms with E-state index in [1.807, 2.05) is 24.3 Å². The number of unbranched alkanes of at least 4 members (excludes halogenated alkanes) is 1. The van der Waals surface area contributed by atoms with Crippen molar-refractivity contribution >= 4 is 45.8 Å². The van der Waals surface area contributed by atoms with Gasteiger partial charge >= 0.3 is 0 Å². The van der Waals surface area contributed by atoms with Crippen molar-refractivity contribution in [3.05, 3.63) is 58.3 Å². The quantitative estimate of drug-likeness (QED) is 0.373. The third kappa shape index (κ3) is 5.38. The Labute approximate surface area is 174 Å². The lowest BCUT2D eigenvalue weighted by Crippen LogP contribution is -2.26. The highest BCUT2D eigenvalue weighted by Crippen LogP contribution is 2.29. The highest BCUT2D eigenvalue weighted by Gasteiger charge is 2.11. The number of anilines is 1. The Bertz CT molecular complexity index is 928. The minimum atomic E-state index is -0.0743. The number of aromatic amines is 1. The molecule has 0 bridgehead atoms. The van der Waals surface area contributed by atoms with Gasteiger partial charge in [0, 0.05) is 37.4 Å². The fourth-order valence-corrected chi connectivity index (χ4v) is 3.23. The van der Waals surface area contributed by atoms with Crippen LogP contribution in [-0.2, 0) is 0 Å². The molecule has 148 valence electrons. The van der Waals surface area contributed by atoms with E-state index in [1.54, 1.807) is 18.5 Å². The number of hydrogen-bond acceptors (Lipinski definition) is 4. The Morgan fingerprint density at radius 2 is 1.89 bits per heavy atom. The molecule has 2 aromatic heterocycles. The minimum Gasteiger partial charge on any atom is -0.383 e. The second-order valence-electron chi connectivity index (χ2n) is 6.34. The second kappa shape index (κ2) is 10.3. The topological polar surface area (TPSA) is 81.8 Å². The predicted octanol–water partition coefficient (Wildman–Crippen LogP) is 4.08. The van der Waals surface area contributed by atoms with Crippen molar-refractivity contribution in [3.8, 4) is 0 Å². The molecule has 3 aromatic rings. The third-order valence-electron chi connectivity index (χ3n) is 4.33. The molecule has 0 atom stereocenters. The Morgan fingerprint density at radius 1 is 1.04 bits per heavy atom. The fraction of sp³-hybridized carbons (Fsp3) is 0.300. The van der Waals surface area contributed by atoms with Gasteiger partial charge < -0.3 is 20.9 Å². The molecule has 28 heavy (non-hydrogen) atoms. The zero-order valence-corrected chi connectivity index (χ0v) is 16.9. The third-order valence-corrected chi connectivity index (χ3v) is 5.15. The van der Waals surface area contributed by atoms with Crippen LogP contribution in [0, 0.1) is 0 Å². The van der Waals surface area contributed by atoms with Gasteiger partial charge in [0.1, 0.15) is 5.65 Å². The van der Waals surface area contributed by atoms with Crippen molar-refractivity contribution in [1.82, 2.24) is 20.6 Å². The number of nitrogens with one attached hydrogen (secondary N) is 4. The van der Waals surface area contributed by atoms with Crippen molar-refractivity contribution < 1.29 is 4.79 Å². The van der Waals surface area contributed by atoms with Crippen LogP contribution in [0.5, 0.6) is 0 Å². The molecule has 6 nitrogen and oxygen atoms in total. The number of amides is 1. The smallest absolute Gasteiger partial charge is 0.253 e. The van der Waals surface area contributed by atoms with Gasteiger partial charge in [-0.2, -0.15) is 0 Å². The number of rotatable bonds is 10. The van der Waals surface area contributed by atoms with Crippen molar-refractivity contribution in [2.45, 2.75) is 12.8 Å². The van der Waals surface area contributed by atoms with Gasteiger partial charge in [0.15, 0.2) is 0 Å². The van der Waals surface area contributed by atoms with E-state index in [0.717, 1.165) is 49.2 Å². The monoisotopic (exact) mass is 419 g/mol. The van der Waals surface area contributed by atoms with E-state index in [2.05, 4.69) is 25.9 Å². The molecule has 0 aliphatic carbocycles. The SMILES string of the molecule is O=C(NCCCCNCCNc1cccc(Cl)c1Cl)c1c[nH]c2ncccc12. The van der Waals surface area contributed by atoms with Gasteiger partial charge in [0.2, 0.25) is 0 Å². The summed E-state index contributed by atoms with van der Waals surface area (Å²) < 4.78 is 0. The summed E-state index contributed by atoms with van der Waals surface area (Å²) in [6, 6.07) is 9.25. The van der Waals surface area contributed by atoms with Gasteiger partial charge in [-0.15, -0.1) is 0 Å². The molecule has 1 aromatic carbocycles. The molecule has 0 aliphatic rings. The Balaban J connectivity index is 1.26. The zero-order chi connectivity index (χ0) is 19.8. The molecule has 1 amide bonds. The van der Waals surface area contributed by atoms with E-state index in [0.29, 0.717) is 22.2 Å². The van der Waals surface area contributed by atoms with Gasteiger partial charge in [-0.1, -0.05) is 29.3 Å². The summed E-state index contributed by atoms with van der Waals surface area (Å²) in [5.41, 5.74) is 2.20. The van der Waals surface area contributed by atoms with E-state index >= 15 is 0 Å². The summed E-state index contributed by atoms with van der Waals surface area (Å²) >= 11 is 12.1. The largest absolute Gasteiger partial charge is 0.383 e. The number of carbonyl (C=O) groups is 1. The van der Waals surface area contributed by atoms with Gasteiger partial charge in [-0.3, -0.25) is 4.79 Å². The van der Waals surface area contributed by atoms with E-state index in [9.17, 15) is 4.79 Å². The Kier molecular flexibility index (Phi) is 7.54. The number of halogens is 2. The lowest BCUT2D eigenvalue weighted by Gasteiger charge is -2.10. The van der Waals surface area contributed by atoms with Crippen LogP contribution in [0.3, 0.4) is 0 Å². The van der Waals surface area contributed by atoms with Crippen LogP contribution in [0.15, 0.2) is 42.7 Å². The van der Waals surface area contributed by atoms with E-state index in [1.165, 1.54) is 0 Å². The molecule has 2 heterocycles. The first-order valence-electron chi connectivity index (χ1n) is 9.25. The number of H-pyrrole nitrogens is 1. The molecule has 0 fully saturated rings. The number of carbonyl (C=O) groups excluding carboxylic acids is 1. The summed E-state index contributed by atoms with van der Waals surface area (Å²) in [6.45, 7) is 3.10. The molecular formula is C20H23Cl2N5O. The Hall–Kier alpha value is -2.28. The summed E-state index contributed by atoms with van der Waals surface area (Å²) in [4.78, 5) is 19.5. The van der Waals surface area contributed by atoms with Crippen LogP contribution in [-0.4, -0.2) is 42.1 Å². The summed E-state index contributed by atoms with van der Waals surface area (Å²) in [5, 5.41) is 11.5. The molecule has 3 rings (SSSR count). The maximum absolute atomic E-state index is 12.3. The van der Waals surface area contributed by atoms with Gasteiger partial charge in [0.25, 0.3) is 5.91 Å². The zero-order valence-electron chi connectivity index (χ0n) is 15.4. The molecule has 0 saturated heterocycles. The first kappa shape index (κ1) is 20.5. The number of nitrogens with zero attached hydrogens (tertiary/aromatic N) is 1. The van der Waals surface area contributed by atoms with E-state index < -0.39 is 0 Å². The summed E-state index contributed by atoms with van der Waals surface area (Å²) in [6.07, 6.45) is 5.29. The van der Waals surface area contributed by atoms with Crippen molar-refractivity contribution in [1.29, 1.82) is 0 Å². The van der Waals surface area contributed by atoms with Crippen molar-refractivity contribution in [2.24, 2.45) is 0 Å². The molecule has 0 unspecified atom stereocenters. The molecule has 0 radical (unpaired) electrons. The van der Waals surface area contributed by atoms with Crippen LogP contribution in [0.1, 0.15) is 23.2 Å². The minimum absolute atomic E-state index is 0.0743. The number of hydrogen-bond donors (Lipinski definition) is 4. The number of fused-ring (bicyclic) bond motifs is 1. The highest BCUT2D eigenvalue weighted by molar-refractivity contribution is 6.43. The van der Waals surface area contributed by atoms with Crippen molar-refractivity contribution in [3.63, 3.8) is 0 Å². The lowest BCUT2D eigenvalue weighted by molar-refractivity contribution is 0.0954. The number of aromatic nitrogens is 2. The van der Waals surface area contributed by atoms with Gasteiger partial charge in [-0.25, -0.2) is 4.98 Å². The van der Waals surface area contributed by atoms with Gasteiger partial charge in [0.05, 0.1) is 21.3 Å². The first-order chi connectivity index (χ1) is 13.7. The van der Waals surface area contributed by atoms with Crippen molar-refractivity contribution in [2.75, 3.05) is 31.5 Å². The molecule has 4 N–H and O–H groups in total. The van der Waals surface area contributed by atoms with Crippen LogP contribution in [0.2, 0.25) is 10.0 Å².